The Hall–Kier alpha value is -3.36. The molecule has 0 radical (unpaired) electrons. The molecule has 2 aromatic rings. The van der Waals surface area contributed by atoms with E-state index in [2.05, 4.69) is 10.6 Å². The normalized spacial score (nSPS) is 11.2. The Balaban J connectivity index is 1.76. The molecule has 0 aliphatic rings. The van der Waals surface area contributed by atoms with Crippen molar-refractivity contribution in [3.8, 4) is 11.5 Å². The first-order valence-electron chi connectivity index (χ1n) is 9.85. The van der Waals surface area contributed by atoms with E-state index in [1.807, 2.05) is 0 Å². The monoisotopic (exact) mass is 428 g/mol. The van der Waals surface area contributed by atoms with Crippen LogP contribution in [0.2, 0.25) is 0 Å². The van der Waals surface area contributed by atoms with Gasteiger partial charge in [0.15, 0.2) is 0 Å². The number of carbonyl (C=O) groups excluding carboxylic acids is 2. The molecule has 0 fully saturated rings. The van der Waals surface area contributed by atoms with Crippen molar-refractivity contribution < 1.29 is 28.4 Å². The van der Waals surface area contributed by atoms with E-state index in [4.69, 9.17) is 18.8 Å². The molecule has 0 heterocycles. The van der Waals surface area contributed by atoms with Gasteiger partial charge < -0.3 is 18.8 Å². The predicted molar refractivity (Wildman–Crippen MR) is 121 cm³/mol. The average molecular weight is 428 g/mol. The smallest absolute Gasteiger partial charge is 0.529 e. The molecule has 0 unspecified atom stereocenters. The zero-order valence-corrected chi connectivity index (χ0v) is 18.8. The molecule has 0 aromatic heterocycles. The molecule has 31 heavy (non-hydrogen) atoms. The zero-order valence-electron chi connectivity index (χ0n) is 18.8. The molecule has 166 valence electrons. The average Bonchev–Trinajstić information content (AvgIpc) is 2.61. The highest BCUT2D eigenvalue weighted by molar-refractivity contribution is 6.20. The predicted octanol–water partition coefficient (Wildman–Crippen LogP) is 5.10. The van der Waals surface area contributed by atoms with Gasteiger partial charge in [-0.3, -0.25) is 10.6 Å². The summed E-state index contributed by atoms with van der Waals surface area (Å²) >= 11 is 0. The van der Waals surface area contributed by atoms with Crippen LogP contribution in [-0.4, -0.2) is 31.1 Å². The number of hydrogen-bond acceptors (Lipinski definition) is 6. The van der Waals surface area contributed by atoms with Crippen molar-refractivity contribution in [3.63, 3.8) is 0 Å². The van der Waals surface area contributed by atoms with Crippen LogP contribution in [0.1, 0.15) is 41.5 Å². The lowest BCUT2D eigenvalue weighted by atomic mass is 10.2. The van der Waals surface area contributed by atoms with Gasteiger partial charge in [-0.25, -0.2) is 9.59 Å². The molecule has 2 N–H and O–H groups in total. The Kier molecular flexibility index (Phi) is 7.80. The lowest BCUT2D eigenvalue weighted by Gasteiger charge is -2.19. The lowest BCUT2D eigenvalue weighted by Crippen LogP contribution is -2.27. The number of benzene rings is 2. The molecule has 0 saturated carbocycles. The van der Waals surface area contributed by atoms with Crippen LogP contribution in [-0.2, 0) is 9.47 Å². The zero-order chi connectivity index (χ0) is 23.1. The molecular weight excluding hydrogens is 399 g/mol. The summed E-state index contributed by atoms with van der Waals surface area (Å²) in [5.74, 6) is 1.16. The number of hydrogen-bond donors (Lipinski definition) is 2. The van der Waals surface area contributed by atoms with Gasteiger partial charge >= 0.3 is 19.9 Å². The summed E-state index contributed by atoms with van der Waals surface area (Å²) in [7, 11) is -0.00230. The van der Waals surface area contributed by atoms with E-state index in [0.717, 1.165) is 0 Å². The number of anilines is 2. The van der Waals surface area contributed by atoms with Crippen molar-refractivity contribution >= 4 is 31.2 Å². The SMILES string of the molecule is CC(C)(C)OC(=O)Nc1ccc(OBOc2ccc(NC(=O)OC(C)(C)C)cc2)cc1. The quantitative estimate of drug-likeness (QED) is 0.622. The standard InChI is InChI=1S/C22H29BN2O6/c1-21(2,3)28-19(26)24-15-7-11-17(12-8-15)30-23-31-18-13-9-16(10-14-18)25-20(27)29-22(4,5)6/h7-14,23H,1-6H3,(H,24,26)(H,25,27). The summed E-state index contributed by atoms with van der Waals surface area (Å²) < 4.78 is 21.5. The van der Waals surface area contributed by atoms with E-state index in [9.17, 15) is 9.59 Å². The first kappa shape index (κ1) is 23.9. The van der Waals surface area contributed by atoms with Gasteiger partial charge in [0, 0.05) is 11.4 Å². The van der Waals surface area contributed by atoms with Crippen molar-refractivity contribution in [2.24, 2.45) is 0 Å². The van der Waals surface area contributed by atoms with E-state index in [1.165, 1.54) is 0 Å². The third-order valence-corrected chi connectivity index (χ3v) is 3.45. The second-order valence-electron chi connectivity index (χ2n) is 8.71. The molecule has 0 atom stereocenters. The van der Waals surface area contributed by atoms with Gasteiger partial charge in [0.05, 0.1) is 0 Å². The Morgan fingerprint density at radius 3 is 1.26 bits per heavy atom. The maximum absolute atomic E-state index is 11.8. The van der Waals surface area contributed by atoms with Crippen LogP contribution in [0.25, 0.3) is 0 Å². The van der Waals surface area contributed by atoms with Crippen molar-refractivity contribution in [1.82, 2.24) is 0 Å². The highest BCUT2D eigenvalue weighted by Crippen LogP contribution is 2.19. The minimum absolute atomic E-state index is 0.00230. The number of amides is 2. The van der Waals surface area contributed by atoms with Crippen LogP contribution >= 0.6 is 0 Å². The lowest BCUT2D eigenvalue weighted by molar-refractivity contribution is 0.0624. The summed E-state index contributed by atoms with van der Waals surface area (Å²) in [6, 6.07) is 13.7. The number of carbonyl (C=O) groups is 2. The molecule has 2 aromatic carbocycles. The van der Waals surface area contributed by atoms with E-state index in [-0.39, 0.29) is 7.69 Å². The molecule has 2 rings (SSSR count). The maximum atomic E-state index is 11.8. The molecule has 0 aliphatic carbocycles. The first-order valence-corrected chi connectivity index (χ1v) is 9.85. The number of ether oxygens (including phenoxy) is 2. The van der Waals surface area contributed by atoms with Crippen LogP contribution in [0.5, 0.6) is 11.5 Å². The van der Waals surface area contributed by atoms with Crippen molar-refractivity contribution in [2.75, 3.05) is 10.6 Å². The van der Waals surface area contributed by atoms with Crippen LogP contribution in [0.15, 0.2) is 48.5 Å². The van der Waals surface area contributed by atoms with Crippen molar-refractivity contribution in [2.45, 2.75) is 52.7 Å². The van der Waals surface area contributed by atoms with E-state index >= 15 is 0 Å². The first-order chi connectivity index (χ1) is 14.4. The number of rotatable bonds is 6. The minimum atomic E-state index is -0.561. The Labute approximate surface area is 183 Å². The summed E-state index contributed by atoms with van der Waals surface area (Å²) in [6.45, 7) is 10.8. The van der Waals surface area contributed by atoms with Gasteiger partial charge in [0.2, 0.25) is 0 Å². The van der Waals surface area contributed by atoms with E-state index in [1.54, 1.807) is 90.1 Å². The minimum Gasteiger partial charge on any atom is -0.529 e. The Morgan fingerprint density at radius 2 is 0.968 bits per heavy atom. The molecule has 0 bridgehead atoms. The molecule has 2 amide bonds. The molecule has 0 aliphatic heterocycles. The molecule has 9 heteroatoms. The third kappa shape index (κ3) is 9.80. The molecule has 0 spiro atoms. The summed E-state index contributed by atoms with van der Waals surface area (Å²) in [6.07, 6.45) is -1.04. The van der Waals surface area contributed by atoms with Crippen LogP contribution in [0, 0.1) is 0 Å². The second-order valence-corrected chi connectivity index (χ2v) is 8.71. The van der Waals surface area contributed by atoms with Crippen LogP contribution < -0.4 is 19.9 Å². The maximum Gasteiger partial charge on any atom is 0.576 e. The summed E-state index contributed by atoms with van der Waals surface area (Å²) in [4.78, 5) is 23.5. The molecule has 8 nitrogen and oxygen atoms in total. The Morgan fingerprint density at radius 1 is 0.645 bits per heavy atom. The van der Waals surface area contributed by atoms with Gasteiger partial charge in [-0.1, -0.05) is 0 Å². The van der Waals surface area contributed by atoms with Crippen molar-refractivity contribution in [1.29, 1.82) is 0 Å². The van der Waals surface area contributed by atoms with E-state index < -0.39 is 23.4 Å². The van der Waals surface area contributed by atoms with Gasteiger partial charge in [-0.05, 0) is 90.1 Å². The van der Waals surface area contributed by atoms with Gasteiger partial charge in [-0.2, -0.15) is 0 Å². The topological polar surface area (TPSA) is 95.1 Å². The van der Waals surface area contributed by atoms with Gasteiger partial charge in [-0.15, -0.1) is 0 Å². The molecular formula is C22H29BN2O6. The van der Waals surface area contributed by atoms with Gasteiger partial charge in [0.1, 0.15) is 22.7 Å². The highest BCUT2D eigenvalue weighted by Gasteiger charge is 2.17. The fraction of sp³-hybridized carbons (Fsp3) is 0.364. The molecule has 0 saturated heterocycles. The third-order valence-electron chi connectivity index (χ3n) is 3.45. The van der Waals surface area contributed by atoms with Gasteiger partial charge in [0.25, 0.3) is 0 Å². The fourth-order valence-corrected chi connectivity index (χ4v) is 2.28. The van der Waals surface area contributed by atoms with Crippen LogP contribution in [0.4, 0.5) is 21.0 Å². The Bertz CT molecular complexity index is 797. The van der Waals surface area contributed by atoms with E-state index in [0.29, 0.717) is 22.9 Å². The fourth-order valence-electron chi connectivity index (χ4n) is 2.28. The second kappa shape index (κ2) is 10.1. The largest absolute Gasteiger partial charge is 0.576 e. The number of nitrogens with one attached hydrogen (secondary N) is 2. The van der Waals surface area contributed by atoms with Crippen LogP contribution in [0.3, 0.4) is 0 Å². The highest BCUT2D eigenvalue weighted by atomic mass is 16.6. The summed E-state index contributed by atoms with van der Waals surface area (Å²) in [5.41, 5.74) is 0.0642. The summed E-state index contributed by atoms with van der Waals surface area (Å²) in [5, 5.41) is 5.30. The van der Waals surface area contributed by atoms with Crippen molar-refractivity contribution in [3.05, 3.63) is 48.5 Å².